The number of halogens is 1. The highest BCUT2D eigenvalue weighted by Crippen LogP contribution is 2.24. The first kappa shape index (κ1) is 22.7. The first-order valence-electron chi connectivity index (χ1n) is 10.2. The first-order valence-corrected chi connectivity index (χ1v) is 10.6. The van der Waals surface area contributed by atoms with Crippen molar-refractivity contribution in [2.24, 2.45) is 0 Å². The third-order valence-electron chi connectivity index (χ3n) is 5.21. The normalized spacial score (nSPS) is 16.0. The molecule has 1 atom stereocenters. The topological polar surface area (TPSA) is 61.9 Å². The van der Waals surface area contributed by atoms with E-state index < -0.39 is 6.04 Å². The molecule has 8 heteroatoms. The second-order valence-electron chi connectivity index (χ2n) is 7.30. The van der Waals surface area contributed by atoms with Gasteiger partial charge in [0, 0.05) is 13.1 Å². The highest BCUT2D eigenvalue weighted by Gasteiger charge is 2.42. The van der Waals surface area contributed by atoms with E-state index in [4.69, 9.17) is 17.0 Å². The Hall–Kier alpha value is -3.00. The van der Waals surface area contributed by atoms with Gasteiger partial charge in [-0.15, -0.1) is 0 Å². The van der Waals surface area contributed by atoms with Crippen molar-refractivity contribution in [3.05, 3.63) is 65.5 Å². The van der Waals surface area contributed by atoms with Gasteiger partial charge in [0.15, 0.2) is 5.11 Å². The van der Waals surface area contributed by atoms with E-state index in [9.17, 15) is 14.0 Å². The summed E-state index contributed by atoms with van der Waals surface area (Å²) in [5.74, 6) is 0.0292. The van der Waals surface area contributed by atoms with Crippen LogP contribution in [0.2, 0.25) is 0 Å². The molecular formula is C23H26FN3O3S. The van der Waals surface area contributed by atoms with Gasteiger partial charge >= 0.3 is 0 Å². The van der Waals surface area contributed by atoms with Crippen molar-refractivity contribution in [3.8, 4) is 5.75 Å². The van der Waals surface area contributed by atoms with Crippen LogP contribution in [0.3, 0.4) is 0 Å². The number of nitrogens with one attached hydrogen (secondary N) is 1. The van der Waals surface area contributed by atoms with E-state index in [0.29, 0.717) is 24.6 Å². The van der Waals surface area contributed by atoms with E-state index in [1.54, 1.807) is 19.2 Å². The SMILES string of the molecule is CCNC(=O)C[C@@H]1C(=O)N(Cc2ccc(F)cc2)C(=S)N1CCc1ccc(OC)cc1. The van der Waals surface area contributed by atoms with Gasteiger partial charge in [0.1, 0.15) is 17.6 Å². The number of thiocarbonyl (C=S) groups is 1. The summed E-state index contributed by atoms with van der Waals surface area (Å²) in [6, 6.07) is 13.0. The van der Waals surface area contributed by atoms with Gasteiger partial charge in [0.2, 0.25) is 5.91 Å². The van der Waals surface area contributed by atoms with Gasteiger partial charge in [-0.3, -0.25) is 14.5 Å². The maximum atomic E-state index is 13.2. The fourth-order valence-electron chi connectivity index (χ4n) is 3.55. The molecule has 1 fully saturated rings. The van der Waals surface area contributed by atoms with Gasteiger partial charge < -0.3 is 15.0 Å². The van der Waals surface area contributed by atoms with Gasteiger partial charge in [0.05, 0.1) is 20.1 Å². The smallest absolute Gasteiger partial charge is 0.252 e. The Morgan fingerprint density at radius 1 is 1.13 bits per heavy atom. The van der Waals surface area contributed by atoms with Crippen LogP contribution in [0.5, 0.6) is 5.75 Å². The van der Waals surface area contributed by atoms with Crippen LogP contribution in [0.4, 0.5) is 4.39 Å². The molecular weight excluding hydrogens is 417 g/mol. The minimum absolute atomic E-state index is 0.0370. The summed E-state index contributed by atoms with van der Waals surface area (Å²) in [6.07, 6.45) is 0.697. The zero-order valence-corrected chi connectivity index (χ0v) is 18.5. The largest absolute Gasteiger partial charge is 0.497 e. The lowest BCUT2D eigenvalue weighted by Crippen LogP contribution is -2.40. The van der Waals surface area contributed by atoms with Crippen LogP contribution in [0.15, 0.2) is 48.5 Å². The zero-order chi connectivity index (χ0) is 22.4. The highest BCUT2D eigenvalue weighted by atomic mass is 32.1. The summed E-state index contributed by atoms with van der Waals surface area (Å²) in [6.45, 7) is 3.07. The molecule has 1 N–H and O–H groups in total. The van der Waals surface area contributed by atoms with E-state index in [1.807, 2.05) is 36.1 Å². The number of hydrogen-bond donors (Lipinski definition) is 1. The van der Waals surface area contributed by atoms with Crippen LogP contribution in [0.1, 0.15) is 24.5 Å². The van der Waals surface area contributed by atoms with E-state index >= 15 is 0 Å². The van der Waals surface area contributed by atoms with E-state index in [-0.39, 0.29) is 30.6 Å². The lowest BCUT2D eigenvalue weighted by molar-refractivity contribution is -0.132. The van der Waals surface area contributed by atoms with Crippen LogP contribution >= 0.6 is 12.2 Å². The molecule has 0 unspecified atom stereocenters. The van der Waals surface area contributed by atoms with Gasteiger partial charge in [0.25, 0.3) is 5.91 Å². The zero-order valence-electron chi connectivity index (χ0n) is 17.6. The maximum Gasteiger partial charge on any atom is 0.252 e. The molecule has 3 rings (SSSR count). The number of rotatable bonds is 9. The summed E-state index contributed by atoms with van der Waals surface area (Å²) in [4.78, 5) is 28.7. The van der Waals surface area contributed by atoms with Gasteiger partial charge in [-0.1, -0.05) is 24.3 Å². The highest BCUT2D eigenvalue weighted by molar-refractivity contribution is 7.80. The standard InChI is InChI=1S/C23H26FN3O3S/c1-3-25-21(28)14-20-22(29)27(15-17-4-8-18(24)9-5-17)23(31)26(20)13-12-16-6-10-19(30-2)11-7-16/h4-11,20H,3,12-15H2,1-2H3,(H,25,28)/t20-/m1/s1. The van der Waals surface area contributed by atoms with Crippen molar-refractivity contribution in [2.75, 3.05) is 20.2 Å². The molecule has 0 aromatic heterocycles. The van der Waals surface area contributed by atoms with Crippen molar-refractivity contribution in [3.63, 3.8) is 0 Å². The predicted octanol–water partition coefficient (Wildman–Crippen LogP) is 2.90. The molecule has 1 saturated heterocycles. The lowest BCUT2D eigenvalue weighted by Gasteiger charge is -2.24. The number of amides is 2. The molecule has 2 aromatic carbocycles. The second-order valence-corrected chi connectivity index (χ2v) is 7.66. The Bertz CT molecular complexity index is 934. The summed E-state index contributed by atoms with van der Waals surface area (Å²) in [5, 5.41) is 3.14. The minimum atomic E-state index is -0.655. The molecule has 2 aromatic rings. The molecule has 0 bridgehead atoms. The summed E-state index contributed by atoms with van der Waals surface area (Å²) in [7, 11) is 1.62. The van der Waals surface area contributed by atoms with Crippen LogP contribution in [0, 0.1) is 5.82 Å². The number of methoxy groups -OCH3 is 1. The first-order chi connectivity index (χ1) is 14.9. The van der Waals surface area contributed by atoms with Crippen molar-refractivity contribution in [2.45, 2.75) is 32.4 Å². The van der Waals surface area contributed by atoms with E-state index in [2.05, 4.69) is 5.32 Å². The Morgan fingerprint density at radius 2 is 1.77 bits per heavy atom. The lowest BCUT2D eigenvalue weighted by atomic mass is 10.1. The number of benzene rings is 2. The van der Waals surface area contributed by atoms with Gasteiger partial charge in [-0.2, -0.15) is 0 Å². The van der Waals surface area contributed by atoms with Crippen LogP contribution < -0.4 is 10.1 Å². The van der Waals surface area contributed by atoms with E-state index in [1.165, 1.54) is 17.0 Å². The Balaban J connectivity index is 1.76. The fraction of sp³-hybridized carbons (Fsp3) is 0.348. The monoisotopic (exact) mass is 443 g/mol. The molecule has 0 spiro atoms. The number of nitrogens with zero attached hydrogens (tertiary/aromatic N) is 2. The molecule has 6 nitrogen and oxygen atoms in total. The molecule has 1 aliphatic rings. The summed E-state index contributed by atoms with van der Waals surface area (Å²) in [5.41, 5.74) is 1.84. The minimum Gasteiger partial charge on any atom is -0.497 e. The van der Waals surface area contributed by atoms with Crippen LogP contribution in [-0.2, 0) is 22.6 Å². The van der Waals surface area contributed by atoms with Crippen LogP contribution in [-0.4, -0.2) is 53.0 Å². The molecule has 1 heterocycles. The molecule has 1 aliphatic heterocycles. The van der Waals surface area contributed by atoms with E-state index in [0.717, 1.165) is 16.9 Å². The predicted molar refractivity (Wildman–Crippen MR) is 120 cm³/mol. The fourth-order valence-corrected chi connectivity index (χ4v) is 3.92. The molecule has 164 valence electrons. The molecule has 0 radical (unpaired) electrons. The Morgan fingerprint density at radius 3 is 2.39 bits per heavy atom. The summed E-state index contributed by atoms with van der Waals surface area (Å²) >= 11 is 5.62. The number of carbonyl (C=O) groups is 2. The molecule has 0 saturated carbocycles. The third kappa shape index (κ3) is 5.58. The van der Waals surface area contributed by atoms with Crippen molar-refractivity contribution >= 4 is 29.1 Å². The van der Waals surface area contributed by atoms with Crippen LogP contribution in [0.25, 0.3) is 0 Å². The number of hydrogen-bond acceptors (Lipinski definition) is 4. The van der Waals surface area contributed by atoms with Gasteiger partial charge in [-0.05, 0) is 61.0 Å². The van der Waals surface area contributed by atoms with Crippen molar-refractivity contribution in [1.82, 2.24) is 15.1 Å². The summed E-state index contributed by atoms with van der Waals surface area (Å²) < 4.78 is 18.4. The second kappa shape index (κ2) is 10.3. The number of ether oxygens (including phenoxy) is 1. The third-order valence-corrected chi connectivity index (χ3v) is 5.67. The average Bonchev–Trinajstić information content (AvgIpc) is 2.98. The van der Waals surface area contributed by atoms with Gasteiger partial charge in [-0.25, -0.2) is 4.39 Å². The number of carbonyl (C=O) groups excluding carboxylic acids is 2. The molecule has 0 aliphatic carbocycles. The Labute approximate surface area is 187 Å². The maximum absolute atomic E-state index is 13.2. The van der Waals surface area contributed by atoms with Crippen molar-refractivity contribution in [1.29, 1.82) is 0 Å². The van der Waals surface area contributed by atoms with Crippen molar-refractivity contribution < 1.29 is 18.7 Å². The molecule has 2 amide bonds. The molecule has 31 heavy (non-hydrogen) atoms. The quantitative estimate of drug-likeness (QED) is 0.604. The average molecular weight is 444 g/mol. The Kier molecular flexibility index (Phi) is 7.57.